The van der Waals surface area contributed by atoms with Gasteiger partial charge in [0.25, 0.3) is 11.8 Å². The van der Waals surface area contributed by atoms with E-state index >= 15 is 0 Å². The molecule has 0 saturated carbocycles. The van der Waals surface area contributed by atoms with Gasteiger partial charge in [-0.2, -0.15) is 0 Å². The first kappa shape index (κ1) is 31.3. The average Bonchev–Trinajstić information content (AvgIpc) is 2.91. The Hall–Kier alpha value is -3.18. The molecule has 0 aromatic heterocycles. The maximum atomic E-state index is 12.7. The number of aromatic hydroxyl groups is 1. The van der Waals surface area contributed by atoms with Crippen molar-refractivity contribution in [3.05, 3.63) is 75.2 Å². The van der Waals surface area contributed by atoms with E-state index in [-0.39, 0.29) is 38.5 Å². The maximum absolute atomic E-state index is 12.7. The number of amides is 2. The summed E-state index contributed by atoms with van der Waals surface area (Å²) in [5, 5.41) is 16.1. The monoisotopic (exact) mass is 627 g/mol. The molecule has 3 N–H and O–H groups in total. The van der Waals surface area contributed by atoms with E-state index in [0.29, 0.717) is 22.9 Å². The summed E-state index contributed by atoms with van der Waals surface area (Å²) in [7, 11) is -1.95. The molecule has 0 bridgehead atoms. The Labute approximate surface area is 248 Å². The Bertz CT molecular complexity index is 1500. The van der Waals surface area contributed by atoms with Crippen molar-refractivity contribution in [1.29, 1.82) is 0 Å². The van der Waals surface area contributed by atoms with Crippen LogP contribution in [0.5, 0.6) is 11.5 Å². The van der Waals surface area contributed by atoms with Crippen LogP contribution in [-0.4, -0.2) is 44.2 Å². The summed E-state index contributed by atoms with van der Waals surface area (Å²) in [6, 6.07) is 13.1. The van der Waals surface area contributed by atoms with Crippen molar-refractivity contribution < 1.29 is 27.9 Å². The van der Waals surface area contributed by atoms with Gasteiger partial charge in [-0.05, 0) is 61.9 Å². The second-order valence-electron chi connectivity index (χ2n) is 8.81. The number of nitrogens with zero attached hydrogens (tertiary/aromatic N) is 1. The third-order valence-corrected chi connectivity index (χ3v) is 8.73. The van der Waals surface area contributed by atoms with Crippen LogP contribution in [0, 0.1) is 0 Å². The highest BCUT2D eigenvalue weighted by molar-refractivity contribution is 7.92. The highest BCUT2D eigenvalue weighted by Gasteiger charge is 2.20. The van der Waals surface area contributed by atoms with Crippen LogP contribution in [-0.2, 0) is 14.8 Å². The van der Waals surface area contributed by atoms with E-state index in [4.69, 9.17) is 39.5 Å². The van der Waals surface area contributed by atoms with Crippen molar-refractivity contribution in [2.45, 2.75) is 32.8 Å². The predicted octanol–water partition coefficient (Wildman–Crippen LogP) is 6.58. The molecule has 13 heteroatoms. The highest BCUT2D eigenvalue weighted by Crippen LogP contribution is 2.34. The molecule has 0 aliphatic heterocycles. The predicted molar refractivity (Wildman–Crippen MR) is 160 cm³/mol. The summed E-state index contributed by atoms with van der Waals surface area (Å²) >= 11 is 18.1. The SMILES string of the molecule is CCCCS(=O)(=O)N(C)c1ccc(OC(C)C(=O)Nc2cc(O)c(NC(=O)c3ccc(Cl)c(Cl)c3)cc2Cl)cc1. The normalized spacial score (nSPS) is 11.9. The lowest BCUT2D eigenvalue weighted by Crippen LogP contribution is -2.30. The van der Waals surface area contributed by atoms with Gasteiger partial charge in [-0.15, -0.1) is 0 Å². The number of phenolic OH excluding ortho intramolecular Hbond substituents is 1. The molecule has 3 rings (SSSR count). The summed E-state index contributed by atoms with van der Waals surface area (Å²) in [5.74, 6) is -1.05. The van der Waals surface area contributed by atoms with Crippen molar-refractivity contribution in [2.75, 3.05) is 27.7 Å². The van der Waals surface area contributed by atoms with E-state index in [1.807, 2.05) is 6.92 Å². The van der Waals surface area contributed by atoms with E-state index in [0.717, 1.165) is 6.42 Å². The number of unbranched alkanes of at least 4 members (excludes halogenated alkanes) is 1. The van der Waals surface area contributed by atoms with E-state index in [2.05, 4.69) is 10.6 Å². The molecule has 9 nitrogen and oxygen atoms in total. The van der Waals surface area contributed by atoms with Crippen LogP contribution in [0.3, 0.4) is 0 Å². The lowest BCUT2D eigenvalue weighted by atomic mass is 10.2. The van der Waals surface area contributed by atoms with Gasteiger partial charge in [0.2, 0.25) is 10.0 Å². The van der Waals surface area contributed by atoms with Crippen molar-refractivity contribution >= 4 is 73.7 Å². The van der Waals surface area contributed by atoms with Crippen LogP contribution < -0.4 is 19.7 Å². The van der Waals surface area contributed by atoms with Gasteiger partial charge in [-0.25, -0.2) is 8.42 Å². The zero-order chi connectivity index (χ0) is 29.6. The van der Waals surface area contributed by atoms with E-state index in [1.165, 1.54) is 48.6 Å². The van der Waals surface area contributed by atoms with Crippen molar-refractivity contribution in [2.24, 2.45) is 0 Å². The molecule has 1 unspecified atom stereocenters. The minimum atomic E-state index is -3.43. The first-order chi connectivity index (χ1) is 18.8. The number of nitrogens with one attached hydrogen (secondary N) is 2. The molecule has 0 heterocycles. The van der Waals surface area contributed by atoms with Crippen LogP contribution in [0.15, 0.2) is 54.6 Å². The minimum absolute atomic E-state index is 0.0186. The summed E-state index contributed by atoms with van der Waals surface area (Å²) in [5.41, 5.74) is 0.798. The molecule has 0 fully saturated rings. The smallest absolute Gasteiger partial charge is 0.265 e. The van der Waals surface area contributed by atoms with Crippen molar-refractivity contribution in [1.82, 2.24) is 0 Å². The summed E-state index contributed by atoms with van der Waals surface area (Å²) in [6.45, 7) is 3.44. The van der Waals surface area contributed by atoms with Crippen molar-refractivity contribution in [3.8, 4) is 11.5 Å². The third-order valence-electron chi connectivity index (χ3n) is 5.83. The molecule has 40 heavy (non-hydrogen) atoms. The number of carbonyl (C=O) groups excluding carboxylic acids is 2. The Morgan fingerprint density at radius 2 is 1.62 bits per heavy atom. The summed E-state index contributed by atoms with van der Waals surface area (Å²) in [4.78, 5) is 25.3. The zero-order valence-electron chi connectivity index (χ0n) is 21.9. The minimum Gasteiger partial charge on any atom is -0.506 e. The van der Waals surface area contributed by atoms with E-state index in [1.54, 1.807) is 24.3 Å². The largest absolute Gasteiger partial charge is 0.506 e. The quantitative estimate of drug-likeness (QED) is 0.206. The number of phenols is 1. The van der Waals surface area contributed by atoms with Gasteiger partial charge in [0.05, 0.1) is 37.9 Å². The number of rotatable bonds is 11. The molecule has 3 aromatic carbocycles. The number of halogens is 3. The molecule has 0 aliphatic carbocycles. The molecule has 2 amide bonds. The summed E-state index contributed by atoms with van der Waals surface area (Å²) in [6.07, 6.45) is 0.369. The number of hydrogen-bond acceptors (Lipinski definition) is 6. The van der Waals surface area contributed by atoms with Gasteiger partial charge >= 0.3 is 0 Å². The second kappa shape index (κ2) is 13.5. The van der Waals surface area contributed by atoms with Gasteiger partial charge in [0.1, 0.15) is 11.5 Å². The highest BCUT2D eigenvalue weighted by atomic mass is 35.5. The molecular formula is C27H28Cl3N3O6S. The fourth-order valence-corrected chi connectivity index (χ4v) is 5.32. The zero-order valence-corrected chi connectivity index (χ0v) is 25.0. The number of sulfonamides is 1. The molecule has 0 spiro atoms. The van der Waals surface area contributed by atoms with Gasteiger partial charge in [0.15, 0.2) is 6.10 Å². The Balaban J connectivity index is 1.63. The number of ether oxygens (including phenoxy) is 1. The van der Waals surface area contributed by atoms with Gasteiger partial charge in [0, 0.05) is 18.7 Å². The molecule has 1 atom stereocenters. The molecule has 214 valence electrons. The van der Waals surface area contributed by atoms with Crippen LogP contribution >= 0.6 is 34.8 Å². The van der Waals surface area contributed by atoms with Gasteiger partial charge in [-0.1, -0.05) is 48.1 Å². The Morgan fingerprint density at radius 3 is 2.25 bits per heavy atom. The first-order valence-corrected chi connectivity index (χ1v) is 14.9. The lowest BCUT2D eigenvalue weighted by molar-refractivity contribution is -0.122. The Kier molecular flexibility index (Phi) is 10.5. The van der Waals surface area contributed by atoms with Gasteiger partial charge < -0.3 is 20.5 Å². The second-order valence-corrected chi connectivity index (χ2v) is 12.2. The molecule has 0 radical (unpaired) electrons. The fourth-order valence-electron chi connectivity index (χ4n) is 3.44. The van der Waals surface area contributed by atoms with Gasteiger partial charge in [-0.3, -0.25) is 13.9 Å². The number of anilines is 3. The molecule has 0 saturated heterocycles. The fraction of sp³-hybridized carbons (Fsp3) is 0.259. The third kappa shape index (κ3) is 7.94. The van der Waals surface area contributed by atoms with Crippen LogP contribution in [0.2, 0.25) is 15.1 Å². The van der Waals surface area contributed by atoms with Crippen LogP contribution in [0.1, 0.15) is 37.0 Å². The summed E-state index contributed by atoms with van der Waals surface area (Å²) < 4.78 is 31.7. The van der Waals surface area contributed by atoms with Crippen LogP contribution in [0.25, 0.3) is 0 Å². The van der Waals surface area contributed by atoms with Crippen molar-refractivity contribution in [3.63, 3.8) is 0 Å². The number of hydrogen-bond donors (Lipinski definition) is 3. The maximum Gasteiger partial charge on any atom is 0.265 e. The average molecular weight is 629 g/mol. The Morgan fingerprint density at radius 1 is 0.950 bits per heavy atom. The molecular weight excluding hydrogens is 601 g/mol. The lowest BCUT2D eigenvalue weighted by Gasteiger charge is -2.20. The standard InChI is InChI=1S/C27H28Cl3N3O6S/c1-4-5-12-40(37,38)33(3)18-7-9-19(10-8-18)39-16(2)26(35)31-23-15-25(34)24(14-22(23)30)32-27(36)17-6-11-20(28)21(29)13-17/h6-11,13-16,34H,4-5,12H2,1-3H3,(H,31,35)(H,32,36). The first-order valence-electron chi connectivity index (χ1n) is 12.2. The van der Waals surface area contributed by atoms with E-state index < -0.39 is 27.9 Å². The number of benzene rings is 3. The molecule has 3 aromatic rings. The van der Waals surface area contributed by atoms with E-state index in [9.17, 15) is 23.1 Å². The number of carbonyl (C=O) groups is 2. The van der Waals surface area contributed by atoms with Crippen LogP contribution in [0.4, 0.5) is 17.1 Å². The topological polar surface area (TPSA) is 125 Å². The molecule has 0 aliphatic rings.